The molecule has 7 nitrogen and oxygen atoms in total. The number of anilines is 1. The predicted octanol–water partition coefficient (Wildman–Crippen LogP) is 4.58. The monoisotopic (exact) mass is 472 g/mol. The Kier molecular flexibility index (Phi) is 6.98. The number of aromatic nitrogens is 2. The smallest absolute Gasteiger partial charge is 0.262 e. The predicted molar refractivity (Wildman–Crippen MR) is 135 cm³/mol. The highest BCUT2D eigenvalue weighted by atomic mass is 32.1. The molecule has 4 rings (SSSR count). The van der Waals surface area contributed by atoms with E-state index in [2.05, 4.69) is 15.6 Å². The van der Waals surface area contributed by atoms with Crippen molar-refractivity contribution in [1.29, 1.82) is 0 Å². The van der Waals surface area contributed by atoms with E-state index in [9.17, 15) is 14.4 Å². The standard InChI is InChI=1S/C26H24N4O3S/c1-17(19-10-7-11-20(16-19)28-24(32)18-8-3-2-4-9-18)27-23(31)14-15-30-25(33)21-12-5-6-13-22(21)29-26(30)34/h2-13,16-17H,14-15H2,1H3,(H,27,31)(H,28,32)(H,29,34). The molecule has 3 N–H and O–H groups in total. The summed E-state index contributed by atoms with van der Waals surface area (Å²) in [5, 5.41) is 6.35. The van der Waals surface area contributed by atoms with Crippen LogP contribution in [0.3, 0.4) is 0 Å². The second kappa shape index (κ2) is 10.3. The number of para-hydroxylation sites is 1. The van der Waals surface area contributed by atoms with Crippen LogP contribution in [0.1, 0.15) is 35.3 Å². The van der Waals surface area contributed by atoms with Crippen molar-refractivity contribution in [3.8, 4) is 0 Å². The Morgan fingerprint density at radius 2 is 1.74 bits per heavy atom. The van der Waals surface area contributed by atoms with Gasteiger partial charge in [-0.3, -0.25) is 19.0 Å². The Labute approximate surface area is 201 Å². The first-order valence-corrected chi connectivity index (χ1v) is 11.3. The van der Waals surface area contributed by atoms with E-state index < -0.39 is 0 Å². The molecule has 0 aliphatic carbocycles. The summed E-state index contributed by atoms with van der Waals surface area (Å²) in [5.41, 5.74) is 2.51. The average Bonchev–Trinajstić information content (AvgIpc) is 2.84. The molecule has 3 aromatic carbocycles. The summed E-state index contributed by atoms with van der Waals surface area (Å²) in [7, 11) is 0. The minimum Gasteiger partial charge on any atom is -0.350 e. The third-order valence-corrected chi connectivity index (χ3v) is 5.83. The zero-order valence-corrected chi connectivity index (χ0v) is 19.4. The largest absolute Gasteiger partial charge is 0.350 e. The Morgan fingerprint density at radius 1 is 1.00 bits per heavy atom. The SMILES string of the molecule is CC(NC(=O)CCn1c(=S)[nH]c2ccccc2c1=O)c1cccc(NC(=O)c2ccccc2)c1. The van der Waals surface area contributed by atoms with Gasteiger partial charge in [0.05, 0.1) is 16.9 Å². The van der Waals surface area contributed by atoms with Crippen LogP contribution in [0.15, 0.2) is 83.7 Å². The number of benzene rings is 3. The van der Waals surface area contributed by atoms with E-state index in [-0.39, 0.29) is 41.2 Å². The zero-order chi connectivity index (χ0) is 24.1. The molecule has 1 unspecified atom stereocenters. The molecule has 0 bridgehead atoms. The molecule has 0 saturated carbocycles. The van der Waals surface area contributed by atoms with Crippen molar-refractivity contribution in [2.45, 2.75) is 25.9 Å². The van der Waals surface area contributed by atoms with Crippen LogP contribution in [0.5, 0.6) is 0 Å². The number of hydrogen-bond donors (Lipinski definition) is 3. The van der Waals surface area contributed by atoms with Crippen LogP contribution in [0.4, 0.5) is 5.69 Å². The normalized spacial score (nSPS) is 11.7. The van der Waals surface area contributed by atoms with Crippen LogP contribution in [0.25, 0.3) is 10.9 Å². The van der Waals surface area contributed by atoms with Crippen molar-refractivity contribution in [1.82, 2.24) is 14.9 Å². The van der Waals surface area contributed by atoms with Gasteiger partial charge in [-0.25, -0.2) is 0 Å². The Morgan fingerprint density at radius 3 is 2.53 bits per heavy atom. The summed E-state index contributed by atoms with van der Waals surface area (Å²) in [6.07, 6.45) is 0.102. The fraction of sp³-hybridized carbons (Fsp3) is 0.154. The van der Waals surface area contributed by atoms with Gasteiger partial charge in [0.15, 0.2) is 4.77 Å². The minimum absolute atomic E-state index is 0.102. The molecular weight excluding hydrogens is 448 g/mol. The molecule has 0 aliphatic heterocycles. The third kappa shape index (κ3) is 5.29. The summed E-state index contributed by atoms with van der Waals surface area (Å²) in [6.45, 7) is 2.04. The summed E-state index contributed by atoms with van der Waals surface area (Å²) in [4.78, 5) is 40.8. The average molecular weight is 473 g/mol. The fourth-order valence-electron chi connectivity index (χ4n) is 3.69. The number of rotatable bonds is 7. The summed E-state index contributed by atoms with van der Waals surface area (Å²) < 4.78 is 1.69. The number of hydrogen-bond acceptors (Lipinski definition) is 4. The second-order valence-electron chi connectivity index (χ2n) is 7.92. The number of nitrogens with zero attached hydrogens (tertiary/aromatic N) is 1. The molecule has 0 fully saturated rings. The Balaban J connectivity index is 1.39. The van der Waals surface area contributed by atoms with Crippen molar-refractivity contribution < 1.29 is 9.59 Å². The van der Waals surface area contributed by atoms with Gasteiger partial charge >= 0.3 is 0 Å². The maximum Gasteiger partial charge on any atom is 0.262 e. The van der Waals surface area contributed by atoms with E-state index in [0.29, 0.717) is 22.2 Å². The molecule has 1 atom stereocenters. The van der Waals surface area contributed by atoms with E-state index in [0.717, 1.165) is 5.56 Å². The van der Waals surface area contributed by atoms with Gasteiger partial charge in [0.25, 0.3) is 11.5 Å². The van der Waals surface area contributed by atoms with Crippen LogP contribution < -0.4 is 16.2 Å². The van der Waals surface area contributed by atoms with E-state index in [1.807, 2.05) is 49.4 Å². The van der Waals surface area contributed by atoms with Gasteiger partial charge in [-0.15, -0.1) is 0 Å². The molecule has 4 aromatic rings. The first-order chi connectivity index (χ1) is 16.4. The number of carbonyl (C=O) groups excluding carboxylic acids is 2. The molecule has 0 spiro atoms. The highest BCUT2D eigenvalue weighted by molar-refractivity contribution is 7.71. The molecule has 172 valence electrons. The lowest BCUT2D eigenvalue weighted by atomic mass is 10.1. The first kappa shape index (κ1) is 23.1. The maximum absolute atomic E-state index is 12.7. The number of nitrogens with one attached hydrogen (secondary N) is 3. The number of aromatic amines is 1. The van der Waals surface area contributed by atoms with Crippen molar-refractivity contribution >= 4 is 40.6 Å². The van der Waals surface area contributed by atoms with Gasteiger partial charge in [-0.1, -0.05) is 42.5 Å². The summed E-state index contributed by atoms with van der Waals surface area (Å²) in [6, 6.07) is 23.1. The Hall–Kier alpha value is -4.04. The quantitative estimate of drug-likeness (QED) is 0.343. The third-order valence-electron chi connectivity index (χ3n) is 5.51. The number of carbonyl (C=O) groups is 2. The highest BCUT2D eigenvalue weighted by Crippen LogP contribution is 2.18. The minimum atomic E-state index is -0.288. The molecule has 0 saturated heterocycles. The molecule has 2 amide bonds. The van der Waals surface area contributed by atoms with Crippen molar-refractivity contribution in [3.05, 3.63) is 105 Å². The van der Waals surface area contributed by atoms with Crippen LogP contribution >= 0.6 is 12.2 Å². The second-order valence-corrected chi connectivity index (χ2v) is 8.30. The lowest BCUT2D eigenvalue weighted by molar-refractivity contribution is -0.122. The van der Waals surface area contributed by atoms with Gasteiger partial charge in [0, 0.05) is 24.2 Å². The molecular formula is C26H24N4O3S. The van der Waals surface area contributed by atoms with E-state index in [1.165, 1.54) is 4.57 Å². The molecule has 8 heteroatoms. The van der Waals surface area contributed by atoms with Crippen LogP contribution in [0.2, 0.25) is 0 Å². The summed E-state index contributed by atoms with van der Waals surface area (Å²) >= 11 is 5.31. The van der Waals surface area contributed by atoms with Crippen molar-refractivity contribution in [2.75, 3.05) is 5.32 Å². The maximum atomic E-state index is 12.7. The molecule has 1 aromatic heterocycles. The lowest BCUT2D eigenvalue weighted by Crippen LogP contribution is -2.30. The summed E-state index contributed by atoms with van der Waals surface area (Å²) in [5.74, 6) is -0.410. The highest BCUT2D eigenvalue weighted by Gasteiger charge is 2.13. The van der Waals surface area contributed by atoms with Crippen molar-refractivity contribution in [3.63, 3.8) is 0 Å². The lowest BCUT2D eigenvalue weighted by Gasteiger charge is -2.16. The number of amides is 2. The van der Waals surface area contributed by atoms with Gasteiger partial charge < -0.3 is 15.6 Å². The topological polar surface area (TPSA) is 96.0 Å². The van der Waals surface area contributed by atoms with Crippen LogP contribution in [0, 0.1) is 4.77 Å². The van der Waals surface area contributed by atoms with Crippen LogP contribution in [-0.4, -0.2) is 21.4 Å². The number of H-pyrrole nitrogens is 1. The molecule has 0 aliphatic rings. The zero-order valence-electron chi connectivity index (χ0n) is 18.6. The van der Waals surface area contributed by atoms with Gasteiger partial charge in [0.2, 0.25) is 5.91 Å². The van der Waals surface area contributed by atoms with E-state index >= 15 is 0 Å². The van der Waals surface area contributed by atoms with E-state index in [1.54, 1.807) is 36.4 Å². The first-order valence-electron chi connectivity index (χ1n) is 10.9. The van der Waals surface area contributed by atoms with E-state index in [4.69, 9.17) is 12.2 Å². The van der Waals surface area contributed by atoms with Gasteiger partial charge in [-0.2, -0.15) is 0 Å². The fourth-order valence-corrected chi connectivity index (χ4v) is 3.98. The molecule has 34 heavy (non-hydrogen) atoms. The van der Waals surface area contributed by atoms with Gasteiger partial charge in [0.1, 0.15) is 0 Å². The van der Waals surface area contributed by atoms with Crippen molar-refractivity contribution in [2.24, 2.45) is 0 Å². The molecule has 1 heterocycles. The molecule has 0 radical (unpaired) electrons. The van der Waals surface area contributed by atoms with Gasteiger partial charge in [-0.05, 0) is 61.1 Å². The number of fused-ring (bicyclic) bond motifs is 1. The Bertz CT molecular complexity index is 1460. The van der Waals surface area contributed by atoms with Crippen LogP contribution in [-0.2, 0) is 11.3 Å².